The maximum Gasteiger partial charge on any atom is 0.0503 e. The second kappa shape index (κ2) is 7.46. The van der Waals surface area contributed by atoms with E-state index < -0.39 is 0 Å². The molecule has 106 valence electrons. The Hall–Kier alpha value is -0.120. The molecule has 0 spiro atoms. The number of methoxy groups -OCH3 is 1. The summed E-state index contributed by atoms with van der Waals surface area (Å²) in [7, 11) is 1.82. The Morgan fingerprint density at radius 1 is 1.28 bits per heavy atom. The van der Waals surface area contributed by atoms with Gasteiger partial charge in [0.1, 0.15) is 0 Å². The van der Waals surface area contributed by atoms with Gasteiger partial charge in [-0.05, 0) is 57.2 Å². The van der Waals surface area contributed by atoms with E-state index in [2.05, 4.69) is 17.1 Å². The molecular formula is C15H30N2O. The molecule has 0 aromatic heterocycles. The largest absolute Gasteiger partial charge is 0.384 e. The number of likely N-dealkylation sites (tertiary alicyclic amines) is 1. The van der Waals surface area contributed by atoms with Crippen molar-refractivity contribution in [1.29, 1.82) is 0 Å². The zero-order valence-electron chi connectivity index (χ0n) is 12.2. The van der Waals surface area contributed by atoms with Gasteiger partial charge in [0.15, 0.2) is 0 Å². The molecule has 0 bridgehead atoms. The number of ether oxygens (including phenoxy) is 1. The van der Waals surface area contributed by atoms with E-state index in [1.165, 1.54) is 51.7 Å². The molecule has 3 heteroatoms. The third-order valence-corrected chi connectivity index (χ3v) is 4.71. The molecule has 18 heavy (non-hydrogen) atoms. The van der Waals surface area contributed by atoms with Crippen LogP contribution in [0.25, 0.3) is 0 Å². The molecule has 1 heterocycles. The van der Waals surface area contributed by atoms with Gasteiger partial charge in [0, 0.05) is 19.7 Å². The second-order valence-corrected chi connectivity index (χ2v) is 6.05. The summed E-state index contributed by atoms with van der Waals surface area (Å²) in [6.45, 7) is 8.14. The Bertz CT molecular complexity index is 235. The molecule has 2 aliphatic rings. The van der Waals surface area contributed by atoms with Gasteiger partial charge in [-0.3, -0.25) is 0 Å². The summed E-state index contributed by atoms with van der Waals surface area (Å²) in [5, 5.41) is 3.66. The summed E-state index contributed by atoms with van der Waals surface area (Å²) in [4.78, 5) is 2.64. The van der Waals surface area contributed by atoms with Crippen LogP contribution in [0.4, 0.5) is 0 Å². The summed E-state index contributed by atoms with van der Waals surface area (Å²) in [5.74, 6) is 1.70. The topological polar surface area (TPSA) is 24.5 Å². The minimum Gasteiger partial charge on any atom is -0.384 e. The molecule has 0 radical (unpaired) electrons. The van der Waals surface area contributed by atoms with Gasteiger partial charge >= 0.3 is 0 Å². The highest BCUT2D eigenvalue weighted by molar-refractivity contribution is 4.84. The number of nitrogens with zero attached hydrogens (tertiary/aromatic N) is 1. The molecule has 1 N–H and O–H groups in total. The van der Waals surface area contributed by atoms with Crippen LogP contribution in [0.2, 0.25) is 0 Å². The smallest absolute Gasteiger partial charge is 0.0503 e. The minimum atomic E-state index is 0.781. The molecule has 1 saturated carbocycles. The fourth-order valence-corrected chi connectivity index (χ4v) is 3.75. The average Bonchev–Trinajstić information content (AvgIpc) is 2.97. The normalized spacial score (nSPS) is 33.3. The van der Waals surface area contributed by atoms with Crippen molar-refractivity contribution in [2.24, 2.45) is 11.8 Å². The Balaban J connectivity index is 1.65. The molecule has 3 unspecified atom stereocenters. The number of hydrogen-bond acceptors (Lipinski definition) is 3. The molecule has 1 saturated heterocycles. The summed E-state index contributed by atoms with van der Waals surface area (Å²) in [5.41, 5.74) is 0. The zero-order chi connectivity index (χ0) is 12.8. The summed E-state index contributed by atoms with van der Waals surface area (Å²) in [6.07, 6.45) is 6.97. The second-order valence-electron chi connectivity index (χ2n) is 6.05. The lowest BCUT2D eigenvalue weighted by Gasteiger charge is -2.23. The minimum absolute atomic E-state index is 0.781. The van der Waals surface area contributed by atoms with Gasteiger partial charge in [-0.25, -0.2) is 0 Å². The van der Waals surface area contributed by atoms with Crippen LogP contribution in [0.15, 0.2) is 0 Å². The zero-order valence-corrected chi connectivity index (χ0v) is 12.2. The van der Waals surface area contributed by atoms with Crippen LogP contribution in [0.5, 0.6) is 0 Å². The van der Waals surface area contributed by atoms with E-state index in [-0.39, 0.29) is 0 Å². The van der Waals surface area contributed by atoms with Crippen LogP contribution in [0.3, 0.4) is 0 Å². The summed E-state index contributed by atoms with van der Waals surface area (Å²) in [6, 6.07) is 0.798. The van der Waals surface area contributed by atoms with E-state index >= 15 is 0 Å². The van der Waals surface area contributed by atoms with Crippen LogP contribution in [-0.2, 0) is 4.74 Å². The van der Waals surface area contributed by atoms with E-state index in [4.69, 9.17) is 4.74 Å². The van der Waals surface area contributed by atoms with Crippen LogP contribution in [-0.4, -0.2) is 50.8 Å². The lowest BCUT2D eigenvalue weighted by molar-refractivity contribution is 0.152. The van der Waals surface area contributed by atoms with Gasteiger partial charge in [0.2, 0.25) is 0 Å². The van der Waals surface area contributed by atoms with Crippen LogP contribution in [0.1, 0.15) is 39.0 Å². The molecule has 0 aromatic carbocycles. The standard InChI is InChI=1S/C15H30N2O/c1-3-16-15-6-4-5-14(15)8-10-17-9-7-13(11-17)12-18-2/h13-16H,3-12H2,1-2H3. The van der Waals surface area contributed by atoms with Crippen LogP contribution >= 0.6 is 0 Å². The highest BCUT2D eigenvalue weighted by Crippen LogP contribution is 2.29. The molecule has 2 rings (SSSR count). The lowest BCUT2D eigenvalue weighted by Crippen LogP contribution is -2.34. The molecule has 2 fully saturated rings. The van der Waals surface area contributed by atoms with Gasteiger partial charge in [0.25, 0.3) is 0 Å². The van der Waals surface area contributed by atoms with E-state index in [0.717, 1.165) is 31.0 Å². The first-order valence-corrected chi connectivity index (χ1v) is 7.78. The Labute approximate surface area is 112 Å². The molecule has 1 aliphatic heterocycles. The van der Waals surface area contributed by atoms with Gasteiger partial charge in [0.05, 0.1) is 6.61 Å². The SMILES string of the molecule is CCNC1CCCC1CCN1CCC(COC)C1. The predicted molar refractivity (Wildman–Crippen MR) is 75.8 cm³/mol. The van der Waals surface area contributed by atoms with Gasteiger partial charge in [-0.1, -0.05) is 13.3 Å². The van der Waals surface area contributed by atoms with Gasteiger partial charge in [-0.2, -0.15) is 0 Å². The van der Waals surface area contributed by atoms with Gasteiger partial charge in [-0.15, -0.1) is 0 Å². The molecule has 3 atom stereocenters. The van der Waals surface area contributed by atoms with Crippen molar-refractivity contribution in [2.45, 2.75) is 45.1 Å². The molecule has 0 amide bonds. The number of hydrogen-bond donors (Lipinski definition) is 1. The van der Waals surface area contributed by atoms with Crippen molar-refractivity contribution in [2.75, 3.05) is 39.9 Å². The Morgan fingerprint density at radius 2 is 2.17 bits per heavy atom. The first kappa shape index (κ1) is 14.3. The first-order chi connectivity index (χ1) is 8.83. The maximum absolute atomic E-state index is 5.26. The third kappa shape index (κ3) is 3.94. The van der Waals surface area contributed by atoms with Crippen molar-refractivity contribution < 1.29 is 4.74 Å². The third-order valence-electron chi connectivity index (χ3n) is 4.71. The van der Waals surface area contributed by atoms with E-state index in [0.29, 0.717) is 0 Å². The van der Waals surface area contributed by atoms with Gasteiger partial charge < -0.3 is 15.0 Å². The summed E-state index contributed by atoms with van der Waals surface area (Å²) >= 11 is 0. The fraction of sp³-hybridized carbons (Fsp3) is 1.00. The molecule has 3 nitrogen and oxygen atoms in total. The molecular weight excluding hydrogens is 224 g/mol. The highest BCUT2D eigenvalue weighted by Gasteiger charge is 2.28. The number of nitrogens with one attached hydrogen (secondary N) is 1. The van der Waals surface area contributed by atoms with Crippen molar-refractivity contribution in [3.8, 4) is 0 Å². The number of rotatable bonds is 7. The lowest BCUT2D eigenvalue weighted by atomic mass is 9.99. The van der Waals surface area contributed by atoms with Crippen molar-refractivity contribution in [1.82, 2.24) is 10.2 Å². The maximum atomic E-state index is 5.26. The van der Waals surface area contributed by atoms with Crippen LogP contribution < -0.4 is 5.32 Å². The van der Waals surface area contributed by atoms with E-state index in [1.54, 1.807) is 0 Å². The highest BCUT2D eigenvalue weighted by atomic mass is 16.5. The Kier molecular flexibility index (Phi) is 5.93. The molecule has 1 aliphatic carbocycles. The monoisotopic (exact) mass is 254 g/mol. The average molecular weight is 254 g/mol. The molecule has 0 aromatic rings. The predicted octanol–water partition coefficient (Wildman–Crippen LogP) is 2.12. The van der Waals surface area contributed by atoms with Crippen molar-refractivity contribution in [3.05, 3.63) is 0 Å². The fourth-order valence-electron chi connectivity index (χ4n) is 3.75. The quantitative estimate of drug-likeness (QED) is 0.753. The van der Waals surface area contributed by atoms with Crippen LogP contribution in [0, 0.1) is 11.8 Å². The van der Waals surface area contributed by atoms with Crippen molar-refractivity contribution >= 4 is 0 Å². The van der Waals surface area contributed by atoms with E-state index in [9.17, 15) is 0 Å². The Morgan fingerprint density at radius 3 is 2.94 bits per heavy atom. The first-order valence-electron chi connectivity index (χ1n) is 7.78. The summed E-state index contributed by atoms with van der Waals surface area (Å²) < 4.78 is 5.26. The van der Waals surface area contributed by atoms with E-state index in [1.807, 2.05) is 7.11 Å². The van der Waals surface area contributed by atoms with Crippen molar-refractivity contribution in [3.63, 3.8) is 0 Å².